The summed E-state index contributed by atoms with van der Waals surface area (Å²) < 4.78 is 2.78. The van der Waals surface area contributed by atoms with Crippen molar-refractivity contribution in [2.45, 2.75) is 0 Å². The number of carbonyl (C=O) groups excluding carboxylic acids is 2. The van der Waals surface area contributed by atoms with Crippen molar-refractivity contribution in [2.24, 2.45) is 0 Å². The Morgan fingerprint density at radius 3 is 2.42 bits per heavy atom. The maximum Gasteiger partial charge on any atom is 0.263 e. The number of nitrogens with zero attached hydrogens (tertiary/aromatic N) is 2. The molecule has 6 nitrogen and oxygen atoms in total. The molecule has 4 rings (SSSR count). The molecule has 1 aliphatic heterocycles. The van der Waals surface area contributed by atoms with E-state index in [9.17, 15) is 9.59 Å². The largest absolute Gasteiger partial charge is 0.300 e. The van der Waals surface area contributed by atoms with Crippen molar-refractivity contribution in [3.05, 3.63) is 64.4 Å². The molecule has 3 heterocycles. The second-order valence-corrected chi connectivity index (χ2v) is 6.90. The Bertz CT molecular complexity index is 1080. The van der Waals surface area contributed by atoms with Crippen LogP contribution in [-0.2, 0) is 9.59 Å². The number of pyridine rings is 1. The van der Waals surface area contributed by atoms with Gasteiger partial charge < -0.3 is 0 Å². The Balaban J connectivity index is 1.93. The van der Waals surface area contributed by atoms with Crippen LogP contribution in [0.25, 0.3) is 23.0 Å². The van der Waals surface area contributed by atoms with Crippen molar-refractivity contribution in [3.8, 4) is 11.3 Å². The molecule has 2 amide bonds. The lowest BCUT2D eigenvalue weighted by atomic mass is 10.1. The van der Waals surface area contributed by atoms with Crippen molar-refractivity contribution in [1.29, 1.82) is 0 Å². The number of carbonyl (C=O) groups is 2. The predicted octanol–water partition coefficient (Wildman–Crippen LogP) is 2.68. The highest BCUT2D eigenvalue weighted by atomic mass is 79.9. The van der Waals surface area contributed by atoms with Crippen LogP contribution in [0.1, 0.15) is 5.69 Å². The molecule has 1 aliphatic rings. The first-order valence-corrected chi connectivity index (χ1v) is 8.84. The van der Waals surface area contributed by atoms with Crippen molar-refractivity contribution in [2.75, 3.05) is 0 Å². The number of aromatic nitrogens is 2. The van der Waals surface area contributed by atoms with E-state index in [-0.39, 0.29) is 10.7 Å². The SMILES string of the molecule is O=C1NC(=S)NC(=O)C1=Cc1c(-c2ccc(Br)cc2)nc2ccccn12. The van der Waals surface area contributed by atoms with Crippen LogP contribution in [0.2, 0.25) is 0 Å². The van der Waals surface area contributed by atoms with Gasteiger partial charge in [-0.1, -0.05) is 34.1 Å². The van der Waals surface area contributed by atoms with Crippen molar-refractivity contribution >= 4 is 56.8 Å². The summed E-state index contributed by atoms with van der Waals surface area (Å²) in [6.45, 7) is 0. The molecule has 0 atom stereocenters. The lowest BCUT2D eigenvalue weighted by Gasteiger charge is -2.16. The van der Waals surface area contributed by atoms with E-state index in [2.05, 4.69) is 31.5 Å². The highest BCUT2D eigenvalue weighted by Gasteiger charge is 2.27. The summed E-state index contributed by atoms with van der Waals surface area (Å²) in [4.78, 5) is 29.1. The fraction of sp³-hybridized carbons (Fsp3) is 0. The second kappa shape index (κ2) is 6.47. The summed E-state index contributed by atoms with van der Waals surface area (Å²) in [6, 6.07) is 13.3. The van der Waals surface area contributed by atoms with E-state index in [0.29, 0.717) is 17.0 Å². The number of thiocarbonyl (C=S) groups is 1. The van der Waals surface area contributed by atoms with Gasteiger partial charge in [-0.15, -0.1) is 0 Å². The van der Waals surface area contributed by atoms with E-state index in [4.69, 9.17) is 12.2 Å². The summed E-state index contributed by atoms with van der Waals surface area (Å²) in [7, 11) is 0. The molecule has 128 valence electrons. The maximum atomic E-state index is 12.2. The van der Waals surface area contributed by atoms with Gasteiger partial charge in [0.25, 0.3) is 11.8 Å². The average Bonchev–Trinajstić information content (AvgIpc) is 2.97. The van der Waals surface area contributed by atoms with E-state index in [1.54, 1.807) is 0 Å². The van der Waals surface area contributed by atoms with Crippen LogP contribution in [0.5, 0.6) is 0 Å². The van der Waals surface area contributed by atoms with E-state index < -0.39 is 11.8 Å². The van der Waals surface area contributed by atoms with Crippen LogP contribution >= 0.6 is 28.1 Å². The Morgan fingerprint density at radius 1 is 1.04 bits per heavy atom. The summed E-state index contributed by atoms with van der Waals surface area (Å²) in [5.74, 6) is -1.07. The van der Waals surface area contributed by atoms with E-state index in [1.807, 2.05) is 53.1 Å². The predicted molar refractivity (Wildman–Crippen MR) is 105 cm³/mol. The molecule has 26 heavy (non-hydrogen) atoms. The molecule has 0 bridgehead atoms. The van der Waals surface area contributed by atoms with Crippen molar-refractivity contribution in [3.63, 3.8) is 0 Å². The summed E-state index contributed by atoms with van der Waals surface area (Å²) in [5.41, 5.74) is 2.86. The molecule has 0 aliphatic carbocycles. The van der Waals surface area contributed by atoms with Crippen LogP contribution in [0, 0.1) is 0 Å². The first-order valence-electron chi connectivity index (χ1n) is 7.64. The number of imidazole rings is 1. The molecule has 0 radical (unpaired) electrons. The van der Waals surface area contributed by atoms with Gasteiger partial charge in [-0.3, -0.25) is 24.6 Å². The average molecular weight is 427 g/mol. The van der Waals surface area contributed by atoms with Gasteiger partial charge in [-0.2, -0.15) is 0 Å². The molecule has 1 saturated heterocycles. The van der Waals surface area contributed by atoms with Gasteiger partial charge >= 0.3 is 0 Å². The Labute approximate surface area is 162 Å². The Morgan fingerprint density at radius 2 is 1.73 bits per heavy atom. The molecular weight excluding hydrogens is 416 g/mol. The first-order chi connectivity index (χ1) is 12.5. The van der Waals surface area contributed by atoms with Crippen LogP contribution in [0.3, 0.4) is 0 Å². The topological polar surface area (TPSA) is 75.5 Å². The molecule has 0 saturated carbocycles. The van der Waals surface area contributed by atoms with Crippen molar-refractivity contribution in [1.82, 2.24) is 20.0 Å². The zero-order chi connectivity index (χ0) is 18.3. The summed E-state index contributed by atoms with van der Waals surface area (Å²) in [5, 5.41) is 4.89. The highest BCUT2D eigenvalue weighted by Crippen LogP contribution is 2.28. The highest BCUT2D eigenvalue weighted by molar-refractivity contribution is 9.10. The van der Waals surface area contributed by atoms with Gasteiger partial charge in [0.2, 0.25) is 0 Å². The molecule has 8 heteroatoms. The van der Waals surface area contributed by atoms with Gasteiger partial charge in [0.05, 0.1) is 11.4 Å². The molecule has 2 N–H and O–H groups in total. The van der Waals surface area contributed by atoms with E-state index in [1.165, 1.54) is 6.08 Å². The number of hydrogen-bond acceptors (Lipinski definition) is 4. The lowest BCUT2D eigenvalue weighted by molar-refractivity contribution is -0.123. The van der Waals surface area contributed by atoms with Gasteiger partial charge in [-0.05, 0) is 42.6 Å². The maximum absolute atomic E-state index is 12.2. The fourth-order valence-electron chi connectivity index (χ4n) is 2.72. The fourth-order valence-corrected chi connectivity index (χ4v) is 3.17. The van der Waals surface area contributed by atoms with Crippen LogP contribution in [0.4, 0.5) is 0 Å². The van der Waals surface area contributed by atoms with Crippen LogP contribution < -0.4 is 10.6 Å². The number of fused-ring (bicyclic) bond motifs is 1. The molecular formula is C18H11BrN4O2S. The zero-order valence-electron chi connectivity index (χ0n) is 13.2. The number of hydrogen-bond donors (Lipinski definition) is 2. The number of rotatable bonds is 2. The third kappa shape index (κ3) is 2.93. The molecule has 2 aromatic heterocycles. The minimum Gasteiger partial charge on any atom is -0.300 e. The smallest absolute Gasteiger partial charge is 0.263 e. The molecule has 0 unspecified atom stereocenters. The number of nitrogens with one attached hydrogen (secondary N) is 2. The van der Waals surface area contributed by atoms with Crippen LogP contribution in [-0.4, -0.2) is 26.3 Å². The number of amides is 2. The van der Waals surface area contributed by atoms with Gasteiger partial charge in [-0.25, -0.2) is 4.98 Å². The molecule has 1 aromatic carbocycles. The summed E-state index contributed by atoms with van der Waals surface area (Å²) >= 11 is 8.26. The number of halogens is 1. The number of benzene rings is 1. The minimum absolute atomic E-state index is 0.00317. The quantitative estimate of drug-likeness (QED) is 0.375. The molecule has 1 fully saturated rings. The van der Waals surface area contributed by atoms with Crippen LogP contribution in [0.15, 0.2) is 58.7 Å². The lowest BCUT2D eigenvalue weighted by Crippen LogP contribution is -2.51. The monoisotopic (exact) mass is 426 g/mol. The first kappa shape index (κ1) is 16.6. The van der Waals surface area contributed by atoms with E-state index in [0.717, 1.165) is 10.0 Å². The Kier molecular flexibility index (Phi) is 4.14. The molecule has 3 aromatic rings. The van der Waals surface area contributed by atoms with Gasteiger partial charge in [0.1, 0.15) is 11.2 Å². The third-order valence-electron chi connectivity index (χ3n) is 3.91. The standard InChI is InChI=1S/C18H11BrN4O2S/c19-11-6-4-10(5-7-11)15-13(23-8-2-1-3-14(23)20-15)9-12-16(24)21-18(26)22-17(12)25/h1-9H,(H2,21,22,24,25,26). The van der Waals surface area contributed by atoms with E-state index >= 15 is 0 Å². The van der Waals surface area contributed by atoms with Crippen molar-refractivity contribution < 1.29 is 9.59 Å². The second-order valence-electron chi connectivity index (χ2n) is 5.58. The zero-order valence-corrected chi connectivity index (χ0v) is 15.6. The third-order valence-corrected chi connectivity index (χ3v) is 4.64. The summed E-state index contributed by atoms with van der Waals surface area (Å²) in [6.07, 6.45) is 3.37. The van der Waals surface area contributed by atoms with Gasteiger partial charge in [0, 0.05) is 16.2 Å². The Hall–Kier alpha value is -2.84. The molecule has 0 spiro atoms. The van der Waals surface area contributed by atoms with Gasteiger partial charge in [0.15, 0.2) is 5.11 Å². The minimum atomic E-state index is -0.536. The normalized spacial score (nSPS) is 14.3.